The summed E-state index contributed by atoms with van der Waals surface area (Å²) < 4.78 is 8.72. The van der Waals surface area contributed by atoms with Crippen molar-refractivity contribution < 1.29 is 9.53 Å². The summed E-state index contributed by atoms with van der Waals surface area (Å²) in [6.07, 6.45) is 2.95. The van der Waals surface area contributed by atoms with Crippen molar-refractivity contribution in [2.75, 3.05) is 0 Å². The zero-order valence-corrected chi connectivity index (χ0v) is 23.7. The molecule has 11 nitrogen and oxygen atoms in total. The van der Waals surface area contributed by atoms with E-state index in [1.807, 2.05) is 36.5 Å². The van der Waals surface area contributed by atoms with E-state index in [-0.39, 0.29) is 17.3 Å². The molecule has 0 fully saturated rings. The average Bonchev–Trinajstić information content (AvgIpc) is 3.48. The van der Waals surface area contributed by atoms with Gasteiger partial charge in [0.15, 0.2) is 5.15 Å². The molecule has 1 amide bonds. The lowest BCUT2D eigenvalue weighted by atomic mass is 10.00. The summed E-state index contributed by atoms with van der Waals surface area (Å²) in [5.74, 6) is 0. The standard InChI is InChI=1S/C29H27ClN8O3/c1-29(2,3)41-28(40)32-14-24-21-11-17(9-10-20(21)27(39)35-34-24)22-13-33-37(4)25(22)23-16-38(36-26(23)30)15-19-8-6-5-7-18(19)12-31/h5-11,13,16H,14-15H2,1-4H3,(H,32,40)(H,35,39). The molecule has 3 aromatic heterocycles. The Bertz CT molecular complexity index is 1870. The van der Waals surface area contributed by atoms with E-state index in [1.54, 1.807) is 55.5 Å². The first-order valence-electron chi connectivity index (χ1n) is 12.8. The van der Waals surface area contributed by atoms with Crippen molar-refractivity contribution in [3.05, 3.63) is 87.2 Å². The van der Waals surface area contributed by atoms with Crippen LogP contribution in [-0.2, 0) is 24.9 Å². The number of carbonyl (C=O) groups excluding carboxylic acids is 1. The Labute approximate surface area is 240 Å². The first-order chi connectivity index (χ1) is 19.5. The number of nitriles is 1. The smallest absolute Gasteiger partial charge is 0.407 e. The Balaban J connectivity index is 1.51. The van der Waals surface area contributed by atoms with E-state index in [4.69, 9.17) is 16.3 Å². The average molecular weight is 571 g/mol. The quantitative estimate of drug-likeness (QED) is 0.299. The number of amides is 1. The molecule has 0 saturated heterocycles. The molecule has 2 aromatic carbocycles. The number of carbonyl (C=O) groups is 1. The molecule has 41 heavy (non-hydrogen) atoms. The topological polar surface area (TPSA) is 144 Å². The molecule has 0 saturated carbocycles. The number of aromatic nitrogens is 6. The third-order valence-corrected chi connectivity index (χ3v) is 6.64. The first kappa shape index (κ1) is 27.6. The van der Waals surface area contributed by atoms with Crippen molar-refractivity contribution >= 4 is 28.5 Å². The Morgan fingerprint density at radius 3 is 2.71 bits per heavy atom. The van der Waals surface area contributed by atoms with Gasteiger partial charge in [-0.2, -0.15) is 20.6 Å². The van der Waals surface area contributed by atoms with Gasteiger partial charge in [0.1, 0.15) is 5.60 Å². The Morgan fingerprint density at radius 2 is 1.95 bits per heavy atom. The number of alkyl carbamates (subject to hydrolysis) is 1. The minimum absolute atomic E-state index is 0.0499. The van der Waals surface area contributed by atoms with Crippen LogP contribution < -0.4 is 10.9 Å². The zero-order valence-electron chi connectivity index (χ0n) is 22.9. The molecule has 208 valence electrons. The van der Waals surface area contributed by atoms with Gasteiger partial charge in [0, 0.05) is 24.2 Å². The number of ether oxygens (including phenoxy) is 1. The van der Waals surface area contributed by atoms with Gasteiger partial charge in [0.05, 0.1) is 53.3 Å². The number of hydrogen-bond acceptors (Lipinski definition) is 7. The highest BCUT2D eigenvalue weighted by Crippen LogP contribution is 2.36. The molecule has 12 heteroatoms. The maximum atomic E-state index is 12.5. The van der Waals surface area contributed by atoms with Crippen LogP contribution in [0.2, 0.25) is 5.15 Å². The normalized spacial score (nSPS) is 11.4. The fourth-order valence-corrected chi connectivity index (χ4v) is 4.78. The van der Waals surface area contributed by atoms with Gasteiger partial charge < -0.3 is 10.1 Å². The van der Waals surface area contributed by atoms with E-state index in [2.05, 4.69) is 31.8 Å². The monoisotopic (exact) mass is 570 g/mol. The van der Waals surface area contributed by atoms with E-state index in [9.17, 15) is 14.9 Å². The molecule has 2 N–H and O–H groups in total. The van der Waals surface area contributed by atoms with Gasteiger partial charge >= 0.3 is 6.09 Å². The summed E-state index contributed by atoms with van der Waals surface area (Å²) in [7, 11) is 1.81. The number of rotatable bonds is 6. The van der Waals surface area contributed by atoms with E-state index >= 15 is 0 Å². The van der Waals surface area contributed by atoms with Crippen LogP contribution in [0.3, 0.4) is 0 Å². The summed E-state index contributed by atoms with van der Waals surface area (Å²) in [5, 5.41) is 29.1. The number of aryl methyl sites for hydroxylation is 1. The summed E-state index contributed by atoms with van der Waals surface area (Å²) in [6, 6.07) is 14.9. The molecule has 5 aromatic rings. The number of aromatic amines is 1. The maximum Gasteiger partial charge on any atom is 0.407 e. The number of benzene rings is 2. The number of H-pyrrole nitrogens is 1. The van der Waals surface area contributed by atoms with Crippen molar-refractivity contribution in [3.63, 3.8) is 0 Å². The van der Waals surface area contributed by atoms with Crippen LogP contribution in [0.25, 0.3) is 33.2 Å². The predicted molar refractivity (Wildman–Crippen MR) is 154 cm³/mol. The summed E-state index contributed by atoms with van der Waals surface area (Å²) >= 11 is 6.62. The molecule has 0 aliphatic rings. The summed E-state index contributed by atoms with van der Waals surface area (Å²) in [6.45, 7) is 5.75. The fraction of sp³-hybridized carbons (Fsp3) is 0.241. The van der Waals surface area contributed by atoms with Crippen molar-refractivity contribution in [1.29, 1.82) is 5.26 Å². The van der Waals surface area contributed by atoms with Gasteiger partial charge in [-0.1, -0.05) is 35.9 Å². The SMILES string of the molecule is Cn1ncc(-c2ccc3c(=O)[nH]nc(CNC(=O)OC(C)(C)C)c3c2)c1-c1cn(Cc2ccccc2C#N)nc1Cl. The van der Waals surface area contributed by atoms with Crippen molar-refractivity contribution in [2.24, 2.45) is 7.05 Å². The molecule has 3 heterocycles. The van der Waals surface area contributed by atoms with Crippen LogP contribution >= 0.6 is 11.6 Å². The van der Waals surface area contributed by atoms with Gasteiger partial charge in [0.25, 0.3) is 5.56 Å². The van der Waals surface area contributed by atoms with Crippen LogP contribution in [0.4, 0.5) is 4.79 Å². The molecule has 0 aliphatic heterocycles. The highest BCUT2D eigenvalue weighted by Gasteiger charge is 2.21. The second-order valence-corrected chi connectivity index (χ2v) is 10.8. The molecular formula is C29H27ClN8O3. The van der Waals surface area contributed by atoms with Crippen LogP contribution in [0.15, 0.2) is 59.7 Å². The van der Waals surface area contributed by atoms with Crippen molar-refractivity contribution in [1.82, 2.24) is 35.1 Å². The predicted octanol–water partition coefficient (Wildman–Crippen LogP) is 4.79. The minimum atomic E-state index is -0.650. The van der Waals surface area contributed by atoms with Gasteiger partial charge in [-0.3, -0.25) is 14.2 Å². The molecule has 0 atom stereocenters. The molecule has 0 unspecified atom stereocenters. The van der Waals surface area contributed by atoms with Crippen LogP contribution in [-0.4, -0.2) is 41.5 Å². The Morgan fingerprint density at radius 1 is 1.17 bits per heavy atom. The minimum Gasteiger partial charge on any atom is -0.444 e. The van der Waals surface area contributed by atoms with E-state index in [1.165, 1.54) is 0 Å². The van der Waals surface area contributed by atoms with Crippen LogP contribution in [0, 0.1) is 11.3 Å². The zero-order chi connectivity index (χ0) is 29.3. The lowest BCUT2D eigenvalue weighted by molar-refractivity contribution is 0.0523. The van der Waals surface area contributed by atoms with Gasteiger partial charge in [-0.05, 0) is 50.1 Å². The Kier molecular flexibility index (Phi) is 7.34. The first-order valence-corrected chi connectivity index (χ1v) is 13.1. The third kappa shape index (κ3) is 5.83. The number of hydrogen-bond donors (Lipinski definition) is 2. The van der Waals surface area contributed by atoms with Crippen LogP contribution in [0.1, 0.15) is 37.6 Å². The Hall–Kier alpha value is -4.95. The van der Waals surface area contributed by atoms with Crippen molar-refractivity contribution in [3.8, 4) is 28.5 Å². The molecule has 0 aliphatic carbocycles. The molecule has 0 bridgehead atoms. The summed E-state index contributed by atoms with van der Waals surface area (Å²) in [5.41, 5.74) is 3.78. The number of nitrogens with zero attached hydrogens (tertiary/aromatic N) is 6. The van der Waals surface area contributed by atoms with Gasteiger partial charge in [0.2, 0.25) is 0 Å². The molecule has 5 rings (SSSR count). The summed E-state index contributed by atoms with van der Waals surface area (Å²) in [4.78, 5) is 24.8. The van der Waals surface area contributed by atoms with Crippen molar-refractivity contribution in [2.45, 2.75) is 39.5 Å². The molecule has 0 radical (unpaired) electrons. The second-order valence-electron chi connectivity index (χ2n) is 10.4. The van der Waals surface area contributed by atoms with Crippen LogP contribution in [0.5, 0.6) is 0 Å². The van der Waals surface area contributed by atoms with E-state index in [0.29, 0.717) is 34.1 Å². The van der Waals surface area contributed by atoms with Gasteiger partial charge in [-0.25, -0.2) is 9.89 Å². The lowest BCUT2D eigenvalue weighted by Crippen LogP contribution is -2.32. The fourth-order valence-electron chi connectivity index (χ4n) is 4.54. The highest BCUT2D eigenvalue weighted by atomic mass is 35.5. The molecular weight excluding hydrogens is 544 g/mol. The number of nitrogens with one attached hydrogen (secondary N) is 2. The maximum absolute atomic E-state index is 12.5. The molecule has 0 spiro atoms. The lowest BCUT2D eigenvalue weighted by Gasteiger charge is -2.19. The largest absolute Gasteiger partial charge is 0.444 e. The highest BCUT2D eigenvalue weighted by molar-refractivity contribution is 6.32. The van der Waals surface area contributed by atoms with E-state index < -0.39 is 11.7 Å². The third-order valence-electron chi connectivity index (χ3n) is 6.36. The number of fused-ring (bicyclic) bond motifs is 1. The van der Waals surface area contributed by atoms with Gasteiger partial charge in [-0.15, -0.1) is 0 Å². The van der Waals surface area contributed by atoms with E-state index in [0.717, 1.165) is 22.4 Å². The second kappa shape index (κ2) is 10.9. The number of halogens is 1.